The van der Waals surface area contributed by atoms with Crippen molar-refractivity contribution < 1.29 is 10.2 Å². The van der Waals surface area contributed by atoms with E-state index in [-0.39, 0.29) is 12.7 Å². The molecule has 2 rings (SSSR count). The van der Waals surface area contributed by atoms with Crippen LogP contribution in [-0.2, 0) is 0 Å². The molecule has 1 saturated carbocycles. The first-order chi connectivity index (χ1) is 8.29. The summed E-state index contributed by atoms with van der Waals surface area (Å²) in [5.74, 6) is 0.752. The summed E-state index contributed by atoms with van der Waals surface area (Å²) in [6.07, 6.45) is 9.61. The molecule has 2 aliphatic rings. The number of β-amino-alcohol motifs (C(OH)–C–C–N with tert-alkyl or cyclic N) is 1. The highest BCUT2D eigenvalue weighted by Gasteiger charge is 2.25. The van der Waals surface area contributed by atoms with E-state index in [0.29, 0.717) is 6.04 Å². The SMILES string of the molecule is OC[C@H]1CCCCN1CC(O)CC1CCCC1. The standard InChI is InChI=1S/C14H27NO2/c16-11-13-7-3-4-8-15(13)10-14(17)9-12-5-1-2-6-12/h12-14,16-17H,1-11H2/t13-,14?/m1/s1. The van der Waals surface area contributed by atoms with Crippen molar-refractivity contribution in [2.24, 2.45) is 5.92 Å². The van der Waals surface area contributed by atoms with E-state index in [1.807, 2.05) is 0 Å². The zero-order valence-electron chi connectivity index (χ0n) is 10.9. The zero-order chi connectivity index (χ0) is 12.1. The summed E-state index contributed by atoms with van der Waals surface area (Å²) in [4.78, 5) is 2.29. The molecule has 1 saturated heterocycles. The Morgan fingerprint density at radius 3 is 2.47 bits per heavy atom. The first-order valence-corrected chi connectivity index (χ1v) is 7.32. The van der Waals surface area contributed by atoms with E-state index in [2.05, 4.69) is 4.90 Å². The van der Waals surface area contributed by atoms with Crippen LogP contribution in [0.15, 0.2) is 0 Å². The summed E-state index contributed by atoms with van der Waals surface area (Å²) in [7, 11) is 0. The zero-order valence-corrected chi connectivity index (χ0v) is 10.9. The highest BCUT2D eigenvalue weighted by Crippen LogP contribution is 2.29. The number of aliphatic hydroxyl groups excluding tert-OH is 2. The van der Waals surface area contributed by atoms with Crippen molar-refractivity contribution in [3.05, 3.63) is 0 Å². The Hall–Kier alpha value is -0.120. The summed E-state index contributed by atoms with van der Waals surface area (Å²) in [5, 5.41) is 19.5. The van der Waals surface area contributed by atoms with Gasteiger partial charge in [-0.1, -0.05) is 32.1 Å². The highest BCUT2D eigenvalue weighted by atomic mass is 16.3. The van der Waals surface area contributed by atoms with Crippen molar-refractivity contribution in [2.75, 3.05) is 19.7 Å². The molecule has 2 atom stereocenters. The number of aliphatic hydroxyl groups is 2. The van der Waals surface area contributed by atoms with Crippen LogP contribution >= 0.6 is 0 Å². The van der Waals surface area contributed by atoms with Crippen LogP contribution in [0.5, 0.6) is 0 Å². The Kier molecular flexibility index (Phi) is 5.26. The van der Waals surface area contributed by atoms with E-state index in [9.17, 15) is 10.2 Å². The first kappa shape index (κ1) is 13.3. The lowest BCUT2D eigenvalue weighted by molar-refractivity contribution is 0.0333. The molecular weight excluding hydrogens is 214 g/mol. The van der Waals surface area contributed by atoms with E-state index in [4.69, 9.17) is 0 Å². The fourth-order valence-corrected chi connectivity index (χ4v) is 3.48. The topological polar surface area (TPSA) is 43.7 Å². The highest BCUT2D eigenvalue weighted by molar-refractivity contribution is 4.80. The minimum atomic E-state index is -0.190. The van der Waals surface area contributed by atoms with Gasteiger partial charge >= 0.3 is 0 Å². The second kappa shape index (κ2) is 6.72. The fourth-order valence-electron chi connectivity index (χ4n) is 3.48. The van der Waals surface area contributed by atoms with Gasteiger partial charge in [0.25, 0.3) is 0 Å². The van der Waals surface area contributed by atoms with Crippen molar-refractivity contribution in [1.29, 1.82) is 0 Å². The Labute approximate surface area is 105 Å². The van der Waals surface area contributed by atoms with Gasteiger partial charge in [0.1, 0.15) is 0 Å². The molecule has 1 heterocycles. The molecule has 100 valence electrons. The second-order valence-corrected chi connectivity index (χ2v) is 5.87. The van der Waals surface area contributed by atoms with Gasteiger partial charge in [-0.3, -0.25) is 4.90 Å². The Morgan fingerprint density at radius 2 is 1.76 bits per heavy atom. The predicted octanol–water partition coefficient (Wildman–Crippen LogP) is 1.77. The van der Waals surface area contributed by atoms with Crippen LogP contribution in [0.2, 0.25) is 0 Å². The minimum Gasteiger partial charge on any atom is -0.395 e. The molecule has 0 radical (unpaired) electrons. The molecule has 0 amide bonds. The van der Waals surface area contributed by atoms with Crippen LogP contribution in [0.4, 0.5) is 0 Å². The van der Waals surface area contributed by atoms with E-state index in [1.165, 1.54) is 38.5 Å². The van der Waals surface area contributed by atoms with Gasteiger partial charge in [0.15, 0.2) is 0 Å². The first-order valence-electron chi connectivity index (χ1n) is 7.32. The summed E-state index contributed by atoms with van der Waals surface area (Å²) in [6, 6.07) is 0.293. The third-order valence-corrected chi connectivity index (χ3v) is 4.49. The third-order valence-electron chi connectivity index (χ3n) is 4.49. The van der Waals surface area contributed by atoms with Crippen molar-refractivity contribution >= 4 is 0 Å². The number of hydrogen-bond acceptors (Lipinski definition) is 3. The van der Waals surface area contributed by atoms with Gasteiger partial charge in [-0.2, -0.15) is 0 Å². The summed E-state index contributed by atoms with van der Waals surface area (Å²) >= 11 is 0. The molecule has 3 nitrogen and oxygen atoms in total. The number of piperidine rings is 1. The van der Waals surface area contributed by atoms with Crippen LogP contribution < -0.4 is 0 Å². The van der Waals surface area contributed by atoms with E-state index >= 15 is 0 Å². The minimum absolute atomic E-state index is 0.190. The molecule has 0 aromatic heterocycles. The van der Waals surface area contributed by atoms with Gasteiger partial charge < -0.3 is 10.2 Å². The van der Waals surface area contributed by atoms with Crippen molar-refractivity contribution in [3.63, 3.8) is 0 Å². The third kappa shape index (κ3) is 3.94. The van der Waals surface area contributed by atoms with Crippen molar-refractivity contribution in [3.8, 4) is 0 Å². The molecule has 0 aromatic rings. The fraction of sp³-hybridized carbons (Fsp3) is 1.00. The van der Waals surface area contributed by atoms with Crippen LogP contribution in [-0.4, -0.2) is 47.0 Å². The van der Waals surface area contributed by atoms with E-state index in [0.717, 1.165) is 31.8 Å². The average molecular weight is 241 g/mol. The maximum Gasteiger partial charge on any atom is 0.0669 e. The summed E-state index contributed by atoms with van der Waals surface area (Å²) < 4.78 is 0. The van der Waals surface area contributed by atoms with Crippen LogP contribution in [0.3, 0.4) is 0 Å². The Balaban J connectivity index is 1.73. The molecule has 3 heteroatoms. The predicted molar refractivity (Wildman–Crippen MR) is 68.9 cm³/mol. The van der Waals surface area contributed by atoms with Gasteiger partial charge in [-0.05, 0) is 31.7 Å². The normalized spacial score (nSPS) is 29.6. The molecule has 0 spiro atoms. The van der Waals surface area contributed by atoms with Gasteiger partial charge in [0, 0.05) is 12.6 Å². The van der Waals surface area contributed by atoms with Gasteiger partial charge in [-0.25, -0.2) is 0 Å². The molecule has 1 unspecified atom stereocenters. The molecule has 0 bridgehead atoms. The van der Waals surface area contributed by atoms with Crippen LogP contribution in [0.1, 0.15) is 51.4 Å². The largest absolute Gasteiger partial charge is 0.395 e. The van der Waals surface area contributed by atoms with Crippen LogP contribution in [0.25, 0.3) is 0 Å². The lowest BCUT2D eigenvalue weighted by atomic mass is 9.97. The quantitative estimate of drug-likeness (QED) is 0.771. The monoisotopic (exact) mass is 241 g/mol. The lowest BCUT2D eigenvalue weighted by Gasteiger charge is -2.36. The number of hydrogen-bond donors (Lipinski definition) is 2. The molecule has 1 aliphatic heterocycles. The number of likely N-dealkylation sites (tertiary alicyclic amines) is 1. The lowest BCUT2D eigenvalue weighted by Crippen LogP contribution is -2.45. The molecule has 1 aliphatic carbocycles. The number of nitrogens with zero attached hydrogens (tertiary/aromatic N) is 1. The maximum absolute atomic E-state index is 10.2. The summed E-state index contributed by atoms with van der Waals surface area (Å²) in [5.41, 5.74) is 0. The van der Waals surface area contributed by atoms with Gasteiger partial charge in [0.05, 0.1) is 12.7 Å². The smallest absolute Gasteiger partial charge is 0.0669 e. The molecular formula is C14H27NO2. The maximum atomic E-state index is 10.2. The Morgan fingerprint density at radius 1 is 1.06 bits per heavy atom. The molecule has 2 fully saturated rings. The van der Waals surface area contributed by atoms with Gasteiger partial charge in [0.2, 0.25) is 0 Å². The van der Waals surface area contributed by atoms with E-state index < -0.39 is 0 Å². The summed E-state index contributed by atoms with van der Waals surface area (Å²) in [6.45, 7) is 2.06. The second-order valence-electron chi connectivity index (χ2n) is 5.87. The molecule has 2 N–H and O–H groups in total. The number of rotatable bonds is 5. The molecule has 17 heavy (non-hydrogen) atoms. The van der Waals surface area contributed by atoms with Crippen molar-refractivity contribution in [2.45, 2.75) is 63.5 Å². The van der Waals surface area contributed by atoms with E-state index in [1.54, 1.807) is 0 Å². The Bertz CT molecular complexity index is 216. The van der Waals surface area contributed by atoms with Gasteiger partial charge in [-0.15, -0.1) is 0 Å². The molecule has 0 aromatic carbocycles. The average Bonchev–Trinajstić information content (AvgIpc) is 2.82. The van der Waals surface area contributed by atoms with Crippen molar-refractivity contribution in [1.82, 2.24) is 4.90 Å². The van der Waals surface area contributed by atoms with Crippen LogP contribution in [0, 0.1) is 5.92 Å².